The van der Waals surface area contributed by atoms with Crippen LogP contribution in [-0.4, -0.2) is 30.0 Å². The molecule has 3 N–H and O–H groups in total. The first kappa shape index (κ1) is 14.4. The number of aryl methyl sites for hydroxylation is 1. The first-order chi connectivity index (χ1) is 8.61. The molecule has 0 bridgehead atoms. The highest BCUT2D eigenvalue weighted by Gasteiger charge is 2.06. The number of ether oxygens (including phenoxy) is 1. The third kappa shape index (κ3) is 5.62. The minimum atomic E-state index is -0.346. The summed E-state index contributed by atoms with van der Waals surface area (Å²) < 4.78 is 4.83. The number of amides is 1. The molecule has 0 aromatic carbocycles. The molecule has 1 aromatic heterocycles. The normalized spacial score (nSPS) is 10.1. The number of hydrogen-bond acceptors (Lipinski definition) is 6. The monoisotopic (exact) mass is 271 g/mol. The number of thiazole rings is 1. The first-order valence-corrected chi connectivity index (χ1v) is 6.62. The third-order valence-electron chi connectivity index (χ3n) is 2.09. The van der Waals surface area contributed by atoms with Crippen molar-refractivity contribution in [3.05, 3.63) is 11.1 Å². The summed E-state index contributed by atoms with van der Waals surface area (Å²) in [6.07, 6.45) is 1.17. The van der Waals surface area contributed by atoms with Crippen molar-refractivity contribution in [2.75, 3.05) is 18.5 Å². The van der Waals surface area contributed by atoms with E-state index in [2.05, 4.69) is 10.3 Å². The maximum Gasteiger partial charge on any atom is 0.306 e. The maximum absolute atomic E-state index is 11.2. The van der Waals surface area contributed by atoms with Crippen molar-refractivity contribution in [3.8, 4) is 0 Å². The number of aromatic nitrogens is 1. The van der Waals surface area contributed by atoms with Gasteiger partial charge in [0.1, 0.15) is 0 Å². The molecule has 100 valence electrons. The van der Waals surface area contributed by atoms with Crippen molar-refractivity contribution >= 4 is 28.3 Å². The molecular formula is C11H17N3O3S. The van der Waals surface area contributed by atoms with Gasteiger partial charge in [-0.15, -0.1) is 11.3 Å². The molecule has 0 spiro atoms. The van der Waals surface area contributed by atoms with Crippen LogP contribution >= 0.6 is 11.3 Å². The number of esters is 1. The average molecular weight is 271 g/mol. The van der Waals surface area contributed by atoms with Gasteiger partial charge in [-0.25, -0.2) is 4.98 Å². The van der Waals surface area contributed by atoms with Crippen molar-refractivity contribution in [1.82, 2.24) is 4.98 Å². The van der Waals surface area contributed by atoms with E-state index in [0.29, 0.717) is 26.0 Å². The summed E-state index contributed by atoms with van der Waals surface area (Å²) in [6, 6.07) is 0. The lowest BCUT2D eigenvalue weighted by Gasteiger charge is -2.00. The average Bonchev–Trinajstić information content (AvgIpc) is 2.74. The van der Waals surface area contributed by atoms with E-state index in [-0.39, 0.29) is 18.3 Å². The van der Waals surface area contributed by atoms with Gasteiger partial charge in [0.05, 0.1) is 18.7 Å². The molecule has 18 heavy (non-hydrogen) atoms. The van der Waals surface area contributed by atoms with E-state index in [4.69, 9.17) is 10.5 Å². The summed E-state index contributed by atoms with van der Waals surface area (Å²) in [6.45, 7) is 2.65. The fourth-order valence-electron chi connectivity index (χ4n) is 1.26. The second-order valence-electron chi connectivity index (χ2n) is 3.59. The van der Waals surface area contributed by atoms with E-state index < -0.39 is 0 Å². The second kappa shape index (κ2) is 7.65. The molecule has 0 aliphatic rings. The predicted octanol–water partition coefficient (Wildman–Crippen LogP) is 0.926. The summed E-state index contributed by atoms with van der Waals surface area (Å²) in [4.78, 5) is 26.0. The van der Waals surface area contributed by atoms with Crippen LogP contribution in [0.5, 0.6) is 0 Å². The summed E-state index contributed by atoms with van der Waals surface area (Å²) in [7, 11) is 0. The van der Waals surface area contributed by atoms with Gasteiger partial charge < -0.3 is 15.8 Å². The first-order valence-electron chi connectivity index (χ1n) is 5.74. The number of hydrogen-bond donors (Lipinski definition) is 2. The SMILES string of the molecule is CCOC(=O)CCc1csc(NCCC(N)=O)n1. The van der Waals surface area contributed by atoms with E-state index in [1.807, 2.05) is 5.38 Å². The van der Waals surface area contributed by atoms with Crippen molar-refractivity contribution in [3.63, 3.8) is 0 Å². The van der Waals surface area contributed by atoms with Gasteiger partial charge >= 0.3 is 5.97 Å². The molecule has 0 saturated carbocycles. The van der Waals surface area contributed by atoms with Gasteiger partial charge in [-0.2, -0.15) is 0 Å². The van der Waals surface area contributed by atoms with Crippen LogP contribution < -0.4 is 11.1 Å². The number of nitrogens with two attached hydrogens (primary N) is 1. The second-order valence-corrected chi connectivity index (χ2v) is 4.45. The molecule has 0 fully saturated rings. The van der Waals surface area contributed by atoms with Gasteiger partial charge in [0.15, 0.2) is 5.13 Å². The van der Waals surface area contributed by atoms with E-state index in [9.17, 15) is 9.59 Å². The summed E-state index contributed by atoms with van der Waals surface area (Å²) in [5, 5.41) is 5.61. The lowest BCUT2D eigenvalue weighted by atomic mass is 10.2. The molecule has 0 atom stereocenters. The molecule has 1 rings (SSSR count). The van der Waals surface area contributed by atoms with Crippen molar-refractivity contribution < 1.29 is 14.3 Å². The Kier molecular flexibility index (Phi) is 6.13. The third-order valence-corrected chi connectivity index (χ3v) is 2.94. The minimum Gasteiger partial charge on any atom is -0.466 e. The summed E-state index contributed by atoms with van der Waals surface area (Å²) >= 11 is 1.44. The number of nitrogens with one attached hydrogen (secondary N) is 1. The van der Waals surface area contributed by atoms with E-state index >= 15 is 0 Å². The van der Waals surface area contributed by atoms with E-state index in [1.54, 1.807) is 6.92 Å². The van der Waals surface area contributed by atoms with Gasteiger partial charge in [-0.05, 0) is 6.92 Å². The standard InChI is InChI=1S/C11H17N3O3S/c1-2-17-10(16)4-3-8-7-18-11(14-8)13-6-5-9(12)15/h7H,2-6H2,1H3,(H2,12,15)(H,13,14). The number of primary amides is 1. The highest BCUT2D eigenvalue weighted by atomic mass is 32.1. The zero-order chi connectivity index (χ0) is 13.4. The quantitative estimate of drug-likeness (QED) is 0.686. The van der Waals surface area contributed by atoms with Crippen LogP contribution in [0.25, 0.3) is 0 Å². The topological polar surface area (TPSA) is 94.3 Å². The molecule has 0 aliphatic carbocycles. The molecule has 6 nitrogen and oxygen atoms in total. The number of anilines is 1. The zero-order valence-electron chi connectivity index (χ0n) is 10.3. The Bertz CT molecular complexity index is 406. The largest absolute Gasteiger partial charge is 0.466 e. The van der Waals surface area contributed by atoms with Crippen LogP contribution in [0.2, 0.25) is 0 Å². The Balaban J connectivity index is 2.29. The van der Waals surface area contributed by atoms with Crippen LogP contribution in [0.15, 0.2) is 5.38 Å². The molecule has 0 saturated heterocycles. The van der Waals surface area contributed by atoms with Crippen LogP contribution in [0, 0.1) is 0 Å². The number of carbonyl (C=O) groups is 2. The summed E-state index contributed by atoms with van der Waals surface area (Å²) in [5.74, 6) is -0.560. The van der Waals surface area contributed by atoms with Gasteiger partial charge in [0.25, 0.3) is 0 Å². The van der Waals surface area contributed by atoms with Crippen LogP contribution in [0.4, 0.5) is 5.13 Å². The highest BCUT2D eigenvalue weighted by Crippen LogP contribution is 2.16. The summed E-state index contributed by atoms with van der Waals surface area (Å²) in [5.41, 5.74) is 5.87. The maximum atomic E-state index is 11.2. The molecule has 0 unspecified atom stereocenters. The highest BCUT2D eigenvalue weighted by molar-refractivity contribution is 7.13. The molecule has 1 amide bonds. The van der Waals surface area contributed by atoms with Crippen LogP contribution in [0.3, 0.4) is 0 Å². The fraction of sp³-hybridized carbons (Fsp3) is 0.545. The van der Waals surface area contributed by atoms with E-state index in [1.165, 1.54) is 11.3 Å². The fourth-order valence-corrected chi connectivity index (χ4v) is 2.03. The van der Waals surface area contributed by atoms with Gasteiger partial charge in [0.2, 0.25) is 5.91 Å². The van der Waals surface area contributed by atoms with Gasteiger partial charge in [-0.3, -0.25) is 9.59 Å². The van der Waals surface area contributed by atoms with E-state index in [0.717, 1.165) is 10.8 Å². The molecular weight excluding hydrogens is 254 g/mol. The lowest BCUT2D eigenvalue weighted by Crippen LogP contribution is -2.15. The zero-order valence-corrected chi connectivity index (χ0v) is 11.1. The molecule has 0 radical (unpaired) electrons. The Morgan fingerprint density at radius 2 is 2.28 bits per heavy atom. The van der Waals surface area contributed by atoms with Crippen molar-refractivity contribution in [1.29, 1.82) is 0 Å². The molecule has 7 heteroatoms. The van der Waals surface area contributed by atoms with Crippen LogP contribution in [-0.2, 0) is 20.7 Å². The smallest absolute Gasteiger partial charge is 0.306 e. The van der Waals surface area contributed by atoms with Crippen molar-refractivity contribution in [2.45, 2.75) is 26.2 Å². The minimum absolute atomic E-state index is 0.214. The molecule has 0 aliphatic heterocycles. The Morgan fingerprint density at radius 3 is 2.94 bits per heavy atom. The predicted molar refractivity (Wildman–Crippen MR) is 69.4 cm³/mol. The number of carbonyl (C=O) groups excluding carboxylic acids is 2. The Hall–Kier alpha value is -1.63. The van der Waals surface area contributed by atoms with Crippen molar-refractivity contribution in [2.24, 2.45) is 5.73 Å². The molecule has 1 aromatic rings. The van der Waals surface area contributed by atoms with Gasteiger partial charge in [0, 0.05) is 24.8 Å². The Labute approximate surface area is 110 Å². The van der Waals surface area contributed by atoms with Gasteiger partial charge in [-0.1, -0.05) is 0 Å². The number of nitrogens with zero attached hydrogens (tertiary/aromatic N) is 1. The Morgan fingerprint density at radius 1 is 1.50 bits per heavy atom. The lowest BCUT2D eigenvalue weighted by molar-refractivity contribution is -0.143. The van der Waals surface area contributed by atoms with Crippen LogP contribution in [0.1, 0.15) is 25.5 Å². The number of rotatable bonds is 8. The molecule has 1 heterocycles.